The van der Waals surface area contributed by atoms with Gasteiger partial charge in [0.2, 0.25) is 5.13 Å². The minimum absolute atomic E-state index is 0.130. The van der Waals surface area contributed by atoms with Crippen LogP contribution in [-0.4, -0.2) is 53.1 Å². The molecule has 0 atom stereocenters. The second-order valence-electron chi connectivity index (χ2n) is 7.98. The molecule has 180 valence electrons. The van der Waals surface area contributed by atoms with E-state index in [0.717, 1.165) is 36.4 Å². The number of pyridine rings is 1. The Morgan fingerprint density at radius 3 is 2.63 bits per heavy atom. The third-order valence-corrected chi connectivity index (χ3v) is 5.90. The summed E-state index contributed by atoms with van der Waals surface area (Å²) in [4.78, 5) is 30.9. The number of hydrogen-bond acceptors (Lipinski definition) is 7. The second kappa shape index (κ2) is 10.1. The molecule has 1 aliphatic carbocycles. The Morgan fingerprint density at radius 1 is 1.20 bits per heavy atom. The molecule has 2 amide bonds. The number of carbonyl (C=O) groups excluding carboxylic acids is 2. The molecular weight excluding hydrogens is 476 g/mol. The topological polar surface area (TPSA) is 97.3 Å². The SMILES string of the molecule is COc1cnc(C(F)F)cc1-c1cc(C(=O)N(C)C)ccc1C(=O)Nc1nnc(C#CC2CC2)s1. The van der Waals surface area contributed by atoms with Crippen LogP contribution in [0.5, 0.6) is 5.75 Å². The summed E-state index contributed by atoms with van der Waals surface area (Å²) in [7, 11) is 4.54. The average Bonchev–Trinajstić information content (AvgIpc) is 3.58. The van der Waals surface area contributed by atoms with Crippen LogP contribution in [0.2, 0.25) is 0 Å². The minimum Gasteiger partial charge on any atom is -0.494 e. The molecule has 1 saturated carbocycles. The number of aromatic nitrogens is 3. The molecule has 0 bridgehead atoms. The van der Waals surface area contributed by atoms with E-state index in [1.165, 1.54) is 30.2 Å². The molecule has 0 saturated heterocycles. The number of ether oxygens (including phenoxy) is 1. The number of carbonyl (C=O) groups is 2. The molecule has 2 aromatic heterocycles. The summed E-state index contributed by atoms with van der Waals surface area (Å²) in [6.45, 7) is 0. The third-order valence-electron chi connectivity index (χ3n) is 5.15. The average molecular weight is 498 g/mol. The lowest BCUT2D eigenvalue weighted by Crippen LogP contribution is -2.22. The number of nitrogens with zero attached hydrogens (tertiary/aromatic N) is 4. The van der Waals surface area contributed by atoms with Gasteiger partial charge in [0.05, 0.1) is 13.3 Å². The molecule has 4 rings (SSSR count). The van der Waals surface area contributed by atoms with Crippen molar-refractivity contribution in [3.8, 4) is 28.7 Å². The van der Waals surface area contributed by atoms with Crippen molar-refractivity contribution in [3.05, 3.63) is 52.3 Å². The minimum atomic E-state index is -2.83. The fourth-order valence-electron chi connectivity index (χ4n) is 3.19. The zero-order valence-corrected chi connectivity index (χ0v) is 19.9. The van der Waals surface area contributed by atoms with Crippen molar-refractivity contribution in [2.24, 2.45) is 5.92 Å². The maximum absolute atomic E-state index is 13.4. The number of anilines is 1. The molecular formula is C24H21F2N5O3S. The van der Waals surface area contributed by atoms with E-state index in [1.54, 1.807) is 14.1 Å². The van der Waals surface area contributed by atoms with Gasteiger partial charge in [0.1, 0.15) is 11.4 Å². The van der Waals surface area contributed by atoms with Crippen molar-refractivity contribution in [1.29, 1.82) is 0 Å². The molecule has 0 aliphatic heterocycles. The molecule has 35 heavy (non-hydrogen) atoms. The first kappa shape index (κ1) is 24.2. The Bertz CT molecular complexity index is 1340. The van der Waals surface area contributed by atoms with Gasteiger partial charge >= 0.3 is 0 Å². The quantitative estimate of drug-likeness (QED) is 0.511. The van der Waals surface area contributed by atoms with Crippen molar-refractivity contribution in [2.45, 2.75) is 19.3 Å². The Balaban J connectivity index is 1.74. The highest BCUT2D eigenvalue weighted by molar-refractivity contribution is 7.15. The van der Waals surface area contributed by atoms with Crippen LogP contribution in [0.4, 0.5) is 13.9 Å². The molecule has 1 fully saturated rings. The van der Waals surface area contributed by atoms with Gasteiger partial charge in [-0.25, -0.2) is 8.78 Å². The van der Waals surface area contributed by atoms with Gasteiger partial charge in [0.15, 0.2) is 5.01 Å². The Labute approximate surface area is 204 Å². The van der Waals surface area contributed by atoms with E-state index in [1.807, 2.05) is 0 Å². The monoisotopic (exact) mass is 497 g/mol. The van der Waals surface area contributed by atoms with Gasteiger partial charge in [-0.3, -0.25) is 19.9 Å². The van der Waals surface area contributed by atoms with Gasteiger partial charge in [-0.2, -0.15) is 0 Å². The van der Waals surface area contributed by atoms with Crippen LogP contribution in [0.3, 0.4) is 0 Å². The first-order valence-corrected chi connectivity index (χ1v) is 11.4. The van der Waals surface area contributed by atoms with E-state index >= 15 is 0 Å². The number of hydrogen-bond donors (Lipinski definition) is 1. The van der Waals surface area contributed by atoms with Crippen LogP contribution in [0.15, 0.2) is 30.5 Å². The first-order chi connectivity index (χ1) is 16.8. The number of nitrogens with one attached hydrogen (secondary N) is 1. The molecule has 11 heteroatoms. The maximum atomic E-state index is 13.4. The van der Waals surface area contributed by atoms with E-state index in [2.05, 4.69) is 32.3 Å². The number of halogens is 2. The predicted molar refractivity (Wildman–Crippen MR) is 127 cm³/mol. The lowest BCUT2D eigenvalue weighted by Gasteiger charge is -2.16. The van der Waals surface area contributed by atoms with Crippen LogP contribution in [-0.2, 0) is 0 Å². The van der Waals surface area contributed by atoms with E-state index in [9.17, 15) is 18.4 Å². The van der Waals surface area contributed by atoms with Gasteiger partial charge in [0.25, 0.3) is 18.2 Å². The molecule has 1 N–H and O–H groups in total. The van der Waals surface area contributed by atoms with Crippen molar-refractivity contribution in [3.63, 3.8) is 0 Å². The van der Waals surface area contributed by atoms with Crippen LogP contribution in [0.1, 0.15) is 50.7 Å². The molecule has 0 unspecified atom stereocenters. The van der Waals surface area contributed by atoms with Gasteiger partial charge in [0, 0.05) is 36.7 Å². The Hall–Kier alpha value is -3.91. The number of alkyl halides is 2. The lowest BCUT2D eigenvalue weighted by atomic mass is 9.95. The smallest absolute Gasteiger partial charge is 0.280 e. The second-order valence-corrected chi connectivity index (χ2v) is 8.96. The summed E-state index contributed by atoms with van der Waals surface area (Å²) in [5.41, 5.74) is 0.345. The molecule has 3 aromatic rings. The van der Waals surface area contributed by atoms with Crippen LogP contribution >= 0.6 is 11.3 Å². The highest BCUT2D eigenvalue weighted by Gasteiger charge is 2.23. The van der Waals surface area contributed by atoms with Crippen LogP contribution in [0, 0.1) is 17.8 Å². The van der Waals surface area contributed by atoms with Crippen LogP contribution in [0.25, 0.3) is 11.1 Å². The van der Waals surface area contributed by atoms with E-state index in [0.29, 0.717) is 10.9 Å². The zero-order valence-electron chi connectivity index (χ0n) is 19.1. The summed E-state index contributed by atoms with van der Waals surface area (Å²) in [6.07, 6.45) is 0.487. The number of benzene rings is 1. The molecule has 1 aromatic carbocycles. The van der Waals surface area contributed by atoms with Crippen molar-refractivity contribution < 1.29 is 23.1 Å². The summed E-state index contributed by atoms with van der Waals surface area (Å²) in [6, 6.07) is 5.57. The zero-order chi connectivity index (χ0) is 25.1. The fourth-order valence-corrected chi connectivity index (χ4v) is 3.79. The lowest BCUT2D eigenvalue weighted by molar-refractivity contribution is 0.0827. The summed E-state index contributed by atoms with van der Waals surface area (Å²) >= 11 is 1.13. The van der Waals surface area contributed by atoms with E-state index in [4.69, 9.17) is 4.74 Å². The Kier molecular flexibility index (Phi) is 7.02. The Morgan fingerprint density at radius 2 is 1.97 bits per heavy atom. The largest absolute Gasteiger partial charge is 0.494 e. The summed E-state index contributed by atoms with van der Waals surface area (Å²) < 4.78 is 32.1. The third kappa shape index (κ3) is 5.60. The van der Waals surface area contributed by atoms with Gasteiger partial charge in [-0.05, 0) is 48.6 Å². The van der Waals surface area contributed by atoms with Crippen molar-refractivity contribution >= 4 is 28.3 Å². The summed E-state index contributed by atoms with van der Waals surface area (Å²) in [5.74, 6) is 5.73. The van der Waals surface area contributed by atoms with E-state index < -0.39 is 18.0 Å². The molecule has 1 aliphatic rings. The molecule has 8 nitrogen and oxygen atoms in total. The summed E-state index contributed by atoms with van der Waals surface area (Å²) in [5, 5.41) is 11.3. The number of amides is 2. The number of rotatable bonds is 6. The molecule has 2 heterocycles. The van der Waals surface area contributed by atoms with Gasteiger partial charge in [-0.1, -0.05) is 17.3 Å². The fraction of sp³-hybridized carbons (Fsp3) is 0.292. The van der Waals surface area contributed by atoms with Crippen LogP contribution < -0.4 is 10.1 Å². The van der Waals surface area contributed by atoms with Gasteiger partial charge < -0.3 is 9.64 Å². The highest BCUT2D eigenvalue weighted by Crippen LogP contribution is 2.36. The predicted octanol–water partition coefficient (Wildman–Crippen LogP) is 4.26. The van der Waals surface area contributed by atoms with Gasteiger partial charge in [-0.15, -0.1) is 10.2 Å². The molecule has 0 spiro atoms. The number of methoxy groups -OCH3 is 1. The molecule has 0 radical (unpaired) electrons. The maximum Gasteiger partial charge on any atom is 0.280 e. The standard InChI is InChI=1S/C24H21F2N5O3S/c1-31(2)23(33)14-7-8-15(16(10-14)17-11-18(21(25)26)27-12-19(17)34-3)22(32)28-24-30-29-20(35-24)9-6-13-4-5-13/h7-8,10-13,21H,4-5H2,1-3H3,(H,28,30,32). The van der Waals surface area contributed by atoms with Crippen molar-refractivity contribution in [1.82, 2.24) is 20.1 Å². The first-order valence-electron chi connectivity index (χ1n) is 10.6. The van der Waals surface area contributed by atoms with E-state index in [-0.39, 0.29) is 39.0 Å². The van der Waals surface area contributed by atoms with Crippen molar-refractivity contribution in [2.75, 3.05) is 26.5 Å². The highest BCUT2D eigenvalue weighted by atomic mass is 32.1. The normalized spacial score (nSPS) is 12.6.